The molecule has 0 rings (SSSR count). The van der Waals surface area contributed by atoms with Crippen molar-refractivity contribution in [3.8, 4) is 0 Å². The predicted molar refractivity (Wildman–Crippen MR) is 247 cm³/mol. The third-order valence-corrected chi connectivity index (χ3v) is 12.1. The van der Waals surface area contributed by atoms with Crippen LogP contribution in [-0.2, 0) is 28.6 Å². The Balaban J connectivity index is 4.30. The van der Waals surface area contributed by atoms with Crippen LogP contribution in [0.4, 0.5) is 0 Å². The molecular formula is C52H100O6. The summed E-state index contributed by atoms with van der Waals surface area (Å²) in [4.78, 5) is 37.9. The summed E-state index contributed by atoms with van der Waals surface area (Å²) in [6.45, 7) is 11.4. The van der Waals surface area contributed by atoms with Gasteiger partial charge in [0.1, 0.15) is 13.2 Å². The molecule has 0 bridgehead atoms. The van der Waals surface area contributed by atoms with Crippen LogP contribution in [0.3, 0.4) is 0 Å². The van der Waals surface area contributed by atoms with Crippen LogP contribution in [0.5, 0.6) is 0 Å². The average Bonchev–Trinajstić information content (AvgIpc) is 3.21. The van der Waals surface area contributed by atoms with Gasteiger partial charge >= 0.3 is 17.9 Å². The number of esters is 3. The molecule has 0 saturated carbocycles. The van der Waals surface area contributed by atoms with Crippen LogP contribution in [0.1, 0.15) is 285 Å². The number of unbranched alkanes of at least 4 members (excludes halogenated alkanes) is 30. The van der Waals surface area contributed by atoms with Crippen LogP contribution in [0.25, 0.3) is 0 Å². The molecular weight excluding hydrogens is 721 g/mol. The second-order valence-electron chi connectivity index (χ2n) is 18.5. The Labute approximate surface area is 361 Å². The van der Waals surface area contributed by atoms with Gasteiger partial charge in [-0.15, -0.1) is 0 Å². The fraction of sp³-hybridized carbons (Fsp3) is 0.942. The predicted octanol–water partition coefficient (Wildman–Crippen LogP) is 16.5. The summed E-state index contributed by atoms with van der Waals surface area (Å²) in [6.07, 6.45) is 45.1. The monoisotopic (exact) mass is 821 g/mol. The Hall–Kier alpha value is -1.59. The molecule has 6 heteroatoms. The Bertz CT molecular complexity index is 887. The fourth-order valence-electron chi connectivity index (χ4n) is 7.78. The molecule has 0 saturated heterocycles. The molecule has 1 unspecified atom stereocenters. The summed E-state index contributed by atoms with van der Waals surface area (Å²) in [5, 5.41) is 0. The average molecular weight is 821 g/mol. The van der Waals surface area contributed by atoms with Gasteiger partial charge in [-0.2, -0.15) is 0 Å². The lowest BCUT2D eigenvalue weighted by Crippen LogP contribution is -2.30. The molecule has 0 spiro atoms. The highest BCUT2D eigenvalue weighted by molar-refractivity contribution is 5.71. The zero-order valence-corrected chi connectivity index (χ0v) is 39.7. The van der Waals surface area contributed by atoms with E-state index in [0.29, 0.717) is 19.3 Å². The molecule has 344 valence electrons. The summed E-state index contributed by atoms with van der Waals surface area (Å²) in [6, 6.07) is 0. The van der Waals surface area contributed by atoms with E-state index >= 15 is 0 Å². The summed E-state index contributed by atoms with van der Waals surface area (Å²) >= 11 is 0. The van der Waals surface area contributed by atoms with Gasteiger partial charge in [-0.3, -0.25) is 14.4 Å². The third kappa shape index (κ3) is 44.0. The molecule has 58 heavy (non-hydrogen) atoms. The summed E-state index contributed by atoms with van der Waals surface area (Å²) in [7, 11) is 0. The minimum atomic E-state index is -0.761. The molecule has 0 aliphatic carbocycles. The van der Waals surface area contributed by atoms with Crippen LogP contribution in [0.2, 0.25) is 0 Å². The molecule has 6 nitrogen and oxygen atoms in total. The molecule has 0 N–H and O–H groups in total. The molecule has 0 aliphatic heterocycles. The fourth-order valence-corrected chi connectivity index (χ4v) is 7.78. The van der Waals surface area contributed by atoms with E-state index in [1.54, 1.807) is 0 Å². The number of carbonyl (C=O) groups excluding carboxylic acids is 3. The first-order valence-corrected chi connectivity index (χ1v) is 25.8. The van der Waals surface area contributed by atoms with Crippen LogP contribution in [-0.4, -0.2) is 37.2 Å². The Morgan fingerprint density at radius 1 is 0.362 bits per heavy atom. The molecule has 0 radical (unpaired) electrons. The van der Waals surface area contributed by atoms with Crippen molar-refractivity contribution in [2.75, 3.05) is 13.2 Å². The number of carbonyl (C=O) groups is 3. The van der Waals surface area contributed by atoms with Crippen molar-refractivity contribution in [2.24, 2.45) is 11.8 Å². The lowest BCUT2D eigenvalue weighted by molar-refractivity contribution is -0.167. The van der Waals surface area contributed by atoms with E-state index in [0.717, 1.165) is 69.6 Å². The second kappa shape index (κ2) is 44.9. The number of rotatable bonds is 46. The van der Waals surface area contributed by atoms with E-state index in [-0.39, 0.29) is 31.1 Å². The Morgan fingerprint density at radius 2 is 0.655 bits per heavy atom. The maximum Gasteiger partial charge on any atom is 0.306 e. The molecule has 0 heterocycles. The van der Waals surface area contributed by atoms with Crippen molar-refractivity contribution in [1.82, 2.24) is 0 Å². The normalized spacial score (nSPS) is 12.5. The number of ether oxygens (including phenoxy) is 3. The summed E-state index contributed by atoms with van der Waals surface area (Å²) in [5.74, 6) is 0.838. The van der Waals surface area contributed by atoms with E-state index in [9.17, 15) is 14.4 Å². The van der Waals surface area contributed by atoms with Gasteiger partial charge in [0.2, 0.25) is 0 Å². The van der Waals surface area contributed by atoms with Crippen LogP contribution in [0.15, 0.2) is 0 Å². The van der Waals surface area contributed by atoms with Crippen LogP contribution in [0, 0.1) is 11.8 Å². The van der Waals surface area contributed by atoms with Gasteiger partial charge in [0, 0.05) is 19.3 Å². The van der Waals surface area contributed by atoms with Gasteiger partial charge < -0.3 is 14.2 Å². The van der Waals surface area contributed by atoms with Gasteiger partial charge in [0.15, 0.2) is 6.10 Å². The number of hydrogen-bond acceptors (Lipinski definition) is 6. The molecule has 0 aromatic heterocycles. The zero-order chi connectivity index (χ0) is 42.6. The Kier molecular flexibility index (Phi) is 43.7. The standard InChI is InChI=1S/C52H100O6/c1-6-8-9-10-11-12-13-18-22-29-34-39-44-52(55)58-49(46-57-51(54)43-38-33-28-24-23-26-31-36-41-48(5)7-2)45-56-50(53)42-37-32-27-21-19-16-14-15-17-20-25-30-35-40-47(3)4/h47-49H,6-46H2,1-5H3/t48?,49-/m1/s1. The highest BCUT2D eigenvalue weighted by Crippen LogP contribution is 2.18. The number of hydrogen-bond donors (Lipinski definition) is 0. The molecule has 2 atom stereocenters. The minimum Gasteiger partial charge on any atom is -0.462 e. The largest absolute Gasteiger partial charge is 0.462 e. The highest BCUT2D eigenvalue weighted by atomic mass is 16.6. The summed E-state index contributed by atoms with van der Waals surface area (Å²) in [5.41, 5.74) is 0. The van der Waals surface area contributed by atoms with Gasteiger partial charge in [0.25, 0.3) is 0 Å². The van der Waals surface area contributed by atoms with Crippen LogP contribution >= 0.6 is 0 Å². The Morgan fingerprint density at radius 3 is 0.983 bits per heavy atom. The molecule has 0 aromatic rings. The molecule has 0 aliphatic rings. The highest BCUT2D eigenvalue weighted by Gasteiger charge is 2.19. The first-order valence-electron chi connectivity index (χ1n) is 25.8. The SMILES string of the molecule is CCCCCCCCCCCCCCC(=O)O[C@H](COC(=O)CCCCCCCCCCCCCCCC(C)C)COC(=O)CCCCCCCCCCC(C)CC. The maximum atomic E-state index is 12.8. The molecule has 0 fully saturated rings. The van der Waals surface area contributed by atoms with Crippen molar-refractivity contribution >= 4 is 17.9 Å². The molecule has 0 amide bonds. The summed E-state index contributed by atoms with van der Waals surface area (Å²) < 4.78 is 16.8. The zero-order valence-electron chi connectivity index (χ0n) is 39.7. The van der Waals surface area contributed by atoms with Gasteiger partial charge in [-0.05, 0) is 31.1 Å². The lowest BCUT2D eigenvalue weighted by Gasteiger charge is -2.18. The minimum absolute atomic E-state index is 0.0639. The van der Waals surface area contributed by atoms with E-state index < -0.39 is 6.10 Å². The van der Waals surface area contributed by atoms with Gasteiger partial charge in [0.05, 0.1) is 0 Å². The van der Waals surface area contributed by atoms with Crippen molar-refractivity contribution in [3.63, 3.8) is 0 Å². The molecule has 0 aromatic carbocycles. The first kappa shape index (κ1) is 56.4. The topological polar surface area (TPSA) is 78.9 Å². The second-order valence-corrected chi connectivity index (χ2v) is 18.5. The van der Waals surface area contributed by atoms with Gasteiger partial charge in [-0.1, -0.05) is 247 Å². The van der Waals surface area contributed by atoms with Crippen molar-refractivity contribution in [2.45, 2.75) is 291 Å². The van der Waals surface area contributed by atoms with Crippen molar-refractivity contribution in [1.29, 1.82) is 0 Å². The van der Waals surface area contributed by atoms with Crippen LogP contribution < -0.4 is 0 Å². The third-order valence-electron chi connectivity index (χ3n) is 12.1. The van der Waals surface area contributed by atoms with E-state index in [4.69, 9.17) is 14.2 Å². The van der Waals surface area contributed by atoms with Crippen molar-refractivity contribution < 1.29 is 28.6 Å². The van der Waals surface area contributed by atoms with E-state index in [1.807, 2.05) is 0 Å². The quantitative estimate of drug-likeness (QED) is 0.0346. The lowest BCUT2D eigenvalue weighted by atomic mass is 9.99. The van der Waals surface area contributed by atoms with E-state index in [1.165, 1.54) is 173 Å². The first-order chi connectivity index (χ1) is 28.3. The van der Waals surface area contributed by atoms with E-state index in [2.05, 4.69) is 34.6 Å². The maximum absolute atomic E-state index is 12.8. The van der Waals surface area contributed by atoms with Crippen molar-refractivity contribution in [3.05, 3.63) is 0 Å². The van der Waals surface area contributed by atoms with Gasteiger partial charge in [-0.25, -0.2) is 0 Å². The smallest absolute Gasteiger partial charge is 0.306 e.